The smallest absolute Gasteiger partial charge is 0.0575 e. The predicted molar refractivity (Wildman–Crippen MR) is 64.0 cm³/mol. The van der Waals surface area contributed by atoms with Crippen molar-refractivity contribution in [2.24, 2.45) is 0 Å². The maximum absolute atomic E-state index is 3.52. The first-order chi connectivity index (χ1) is 7.18. The number of hydrogen-bond donors (Lipinski definition) is 1. The van der Waals surface area contributed by atoms with Crippen LogP contribution in [-0.4, -0.2) is 32.1 Å². The van der Waals surface area contributed by atoms with Gasteiger partial charge in [-0.1, -0.05) is 24.3 Å². The first kappa shape index (κ1) is 10.7. The number of nitrogens with one attached hydrogen (secondary N) is 1. The second-order valence-electron chi connectivity index (χ2n) is 4.63. The quantitative estimate of drug-likeness (QED) is 0.789. The molecular formula is C13H20N2. The normalized spacial score (nSPS) is 27.1. The Morgan fingerprint density at radius 3 is 2.60 bits per heavy atom. The molecule has 1 saturated heterocycles. The van der Waals surface area contributed by atoms with E-state index in [0.29, 0.717) is 0 Å². The van der Waals surface area contributed by atoms with Gasteiger partial charge in [-0.3, -0.25) is 0 Å². The van der Waals surface area contributed by atoms with Crippen LogP contribution in [0.4, 0.5) is 0 Å². The third-order valence-corrected chi connectivity index (χ3v) is 3.60. The fraction of sp³-hybridized carbons (Fsp3) is 0.538. The van der Waals surface area contributed by atoms with Gasteiger partial charge < -0.3 is 10.2 Å². The van der Waals surface area contributed by atoms with Gasteiger partial charge in [0.25, 0.3) is 0 Å². The molecule has 2 rings (SSSR count). The van der Waals surface area contributed by atoms with Crippen molar-refractivity contribution in [2.75, 3.05) is 27.2 Å². The molecule has 1 aliphatic heterocycles. The minimum Gasteiger partial charge on any atom is -0.309 e. The Hall–Kier alpha value is -0.860. The Morgan fingerprint density at radius 1 is 1.33 bits per heavy atom. The Morgan fingerprint density at radius 2 is 2.07 bits per heavy atom. The van der Waals surface area contributed by atoms with Crippen LogP contribution in [0.5, 0.6) is 0 Å². The van der Waals surface area contributed by atoms with Crippen LogP contribution < -0.4 is 5.32 Å². The van der Waals surface area contributed by atoms with Crippen molar-refractivity contribution in [3.8, 4) is 0 Å². The minimum absolute atomic E-state index is 0.167. The number of benzene rings is 1. The summed E-state index contributed by atoms with van der Waals surface area (Å²) in [6, 6.07) is 8.71. The fourth-order valence-electron chi connectivity index (χ4n) is 2.67. The van der Waals surface area contributed by atoms with Gasteiger partial charge in [0.1, 0.15) is 0 Å². The lowest BCUT2D eigenvalue weighted by Crippen LogP contribution is -2.42. The highest BCUT2D eigenvalue weighted by atomic mass is 15.2. The summed E-state index contributed by atoms with van der Waals surface area (Å²) in [6.07, 6.45) is 1.20. The monoisotopic (exact) mass is 204 g/mol. The molecule has 15 heavy (non-hydrogen) atoms. The molecule has 1 N–H and O–H groups in total. The summed E-state index contributed by atoms with van der Waals surface area (Å²) in [5, 5.41) is 3.52. The number of rotatable bonds is 2. The van der Waals surface area contributed by atoms with Crippen molar-refractivity contribution < 1.29 is 0 Å². The fourth-order valence-corrected chi connectivity index (χ4v) is 2.67. The molecule has 1 unspecified atom stereocenters. The van der Waals surface area contributed by atoms with Crippen LogP contribution in [0.2, 0.25) is 0 Å². The van der Waals surface area contributed by atoms with Crippen LogP contribution in [0.1, 0.15) is 17.5 Å². The molecular weight excluding hydrogens is 184 g/mol. The van der Waals surface area contributed by atoms with E-state index in [2.05, 4.69) is 55.5 Å². The molecule has 0 amide bonds. The largest absolute Gasteiger partial charge is 0.309 e. The van der Waals surface area contributed by atoms with E-state index in [1.165, 1.54) is 24.1 Å². The van der Waals surface area contributed by atoms with Crippen molar-refractivity contribution in [1.82, 2.24) is 10.2 Å². The zero-order valence-corrected chi connectivity index (χ0v) is 9.88. The maximum atomic E-state index is 3.52. The lowest BCUT2D eigenvalue weighted by atomic mass is 9.86. The van der Waals surface area contributed by atoms with E-state index in [4.69, 9.17) is 0 Å². The van der Waals surface area contributed by atoms with E-state index < -0.39 is 0 Å². The van der Waals surface area contributed by atoms with Gasteiger partial charge in [-0.05, 0) is 38.6 Å². The minimum atomic E-state index is 0.167. The maximum Gasteiger partial charge on any atom is 0.0575 e. The summed E-state index contributed by atoms with van der Waals surface area (Å²) in [5.41, 5.74) is 3.01. The number of likely N-dealkylation sites (N-methyl/N-ethyl adjacent to an activating group) is 2. The van der Waals surface area contributed by atoms with Gasteiger partial charge in [-0.25, -0.2) is 0 Å². The molecule has 1 aliphatic rings. The molecule has 0 radical (unpaired) electrons. The van der Waals surface area contributed by atoms with Gasteiger partial charge in [0.15, 0.2) is 0 Å². The predicted octanol–water partition coefficient (Wildman–Crippen LogP) is 1.75. The Kier molecular flexibility index (Phi) is 2.81. The number of nitrogens with zero attached hydrogens (tertiary/aromatic N) is 1. The summed E-state index contributed by atoms with van der Waals surface area (Å²) in [6.45, 7) is 4.48. The Bertz CT molecular complexity index is 348. The molecule has 1 fully saturated rings. The molecule has 0 aliphatic carbocycles. The first-order valence-corrected chi connectivity index (χ1v) is 5.61. The molecule has 0 spiro atoms. The SMILES string of the molecule is CNC1(c2ccccc2C)CCN(C)C1. The highest BCUT2D eigenvalue weighted by molar-refractivity contribution is 5.34. The third kappa shape index (κ3) is 1.80. The zero-order valence-electron chi connectivity index (χ0n) is 9.88. The highest BCUT2D eigenvalue weighted by Gasteiger charge is 2.37. The van der Waals surface area contributed by atoms with Crippen LogP contribution >= 0.6 is 0 Å². The molecule has 1 aromatic rings. The van der Waals surface area contributed by atoms with Crippen LogP contribution in [0, 0.1) is 6.92 Å². The second-order valence-corrected chi connectivity index (χ2v) is 4.63. The molecule has 1 atom stereocenters. The molecule has 2 heteroatoms. The van der Waals surface area contributed by atoms with E-state index in [9.17, 15) is 0 Å². The van der Waals surface area contributed by atoms with Gasteiger partial charge >= 0.3 is 0 Å². The standard InChI is InChI=1S/C13H20N2/c1-11-6-4-5-7-12(11)13(14-2)8-9-15(3)10-13/h4-7,14H,8-10H2,1-3H3. The average Bonchev–Trinajstić information content (AvgIpc) is 2.62. The summed E-state index contributed by atoms with van der Waals surface area (Å²) in [4.78, 5) is 2.39. The number of likely N-dealkylation sites (tertiary alicyclic amines) is 1. The van der Waals surface area contributed by atoms with E-state index >= 15 is 0 Å². The Labute approximate surface area is 92.3 Å². The lowest BCUT2D eigenvalue weighted by molar-refractivity contribution is 0.333. The molecule has 0 bridgehead atoms. The molecule has 1 heterocycles. The van der Waals surface area contributed by atoms with Crippen LogP contribution in [0.3, 0.4) is 0 Å². The summed E-state index contributed by atoms with van der Waals surface area (Å²) < 4.78 is 0. The third-order valence-electron chi connectivity index (χ3n) is 3.60. The van der Waals surface area contributed by atoms with Crippen LogP contribution in [0.15, 0.2) is 24.3 Å². The van der Waals surface area contributed by atoms with Crippen LogP contribution in [0.25, 0.3) is 0 Å². The topological polar surface area (TPSA) is 15.3 Å². The average molecular weight is 204 g/mol. The molecule has 82 valence electrons. The zero-order chi connectivity index (χ0) is 10.9. The van der Waals surface area contributed by atoms with Crippen LogP contribution in [-0.2, 0) is 5.54 Å². The van der Waals surface area contributed by atoms with Gasteiger partial charge in [0.05, 0.1) is 5.54 Å². The van der Waals surface area contributed by atoms with Gasteiger partial charge in [-0.2, -0.15) is 0 Å². The molecule has 2 nitrogen and oxygen atoms in total. The number of aryl methyl sites for hydroxylation is 1. The summed E-state index contributed by atoms with van der Waals surface area (Å²) >= 11 is 0. The van der Waals surface area contributed by atoms with Crippen molar-refractivity contribution >= 4 is 0 Å². The van der Waals surface area contributed by atoms with Gasteiger partial charge in [-0.15, -0.1) is 0 Å². The van der Waals surface area contributed by atoms with E-state index in [1.54, 1.807) is 0 Å². The van der Waals surface area contributed by atoms with E-state index in [0.717, 1.165) is 6.54 Å². The molecule has 1 aromatic carbocycles. The van der Waals surface area contributed by atoms with Crippen molar-refractivity contribution in [1.29, 1.82) is 0 Å². The second kappa shape index (κ2) is 3.95. The van der Waals surface area contributed by atoms with Gasteiger partial charge in [0.2, 0.25) is 0 Å². The van der Waals surface area contributed by atoms with E-state index in [1.807, 2.05) is 0 Å². The van der Waals surface area contributed by atoms with E-state index in [-0.39, 0.29) is 5.54 Å². The summed E-state index contributed by atoms with van der Waals surface area (Å²) in [7, 11) is 4.27. The number of hydrogen-bond acceptors (Lipinski definition) is 2. The van der Waals surface area contributed by atoms with Crippen molar-refractivity contribution in [3.63, 3.8) is 0 Å². The van der Waals surface area contributed by atoms with Crippen molar-refractivity contribution in [2.45, 2.75) is 18.9 Å². The van der Waals surface area contributed by atoms with Gasteiger partial charge in [0, 0.05) is 13.1 Å². The molecule has 0 saturated carbocycles. The lowest BCUT2D eigenvalue weighted by Gasteiger charge is -2.30. The van der Waals surface area contributed by atoms with Crippen molar-refractivity contribution in [3.05, 3.63) is 35.4 Å². The Balaban J connectivity index is 2.39. The molecule has 0 aromatic heterocycles. The highest BCUT2D eigenvalue weighted by Crippen LogP contribution is 2.32. The summed E-state index contributed by atoms with van der Waals surface area (Å²) in [5.74, 6) is 0. The first-order valence-electron chi connectivity index (χ1n) is 5.61.